The zero-order valence-corrected chi connectivity index (χ0v) is 21.9. The van der Waals surface area contributed by atoms with E-state index in [4.69, 9.17) is 14.5 Å². The Morgan fingerprint density at radius 2 is 1.62 bits per heavy atom. The van der Waals surface area contributed by atoms with Crippen molar-refractivity contribution in [3.8, 4) is 11.5 Å². The number of pyridine rings is 1. The van der Waals surface area contributed by atoms with Crippen molar-refractivity contribution in [2.75, 3.05) is 11.5 Å². The molecule has 37 heavy (non-hydrogen) atoms. The van der Waals surface area contributed by atoms with Crippen molar-refractivity contribution in [2.24, 2.45) is 4.99 Å². The minimum atomic E-state index is -0.152. The molecule has 2 aliphatic heterocycles. The lowest BCUT2D eigenvalue weighted by Crippen LogP contribution is -2.31. The number of benzene rings is 3. The predicted molar refractivity (Wildman–Crippen MR) is 149 cm³/mol. The SMILES string of the molecule is Cc1cc(Oc2cc(C)cc(N3c4ccccc4C(C)(C)c4cccnc43)c2)cc(C2=N[C@H](C)CO2)c1. The van der Waals surface area contributed by atoms with Gasteiger partial charge < -0.3 is 9.47 Å². The number of rotatable bonds is 4. The molecule has 5 heteroatoms. The Morgan fingerprint density at radius 3 is 2.41 bits per heavy atom. The molecule has 4 aromatic rings. The maximum absolute atomic E-state index is 6.46. The van der Waals surface area contributed by atoms with Crippen molar-refractivity contribution < 1.29 is 9.47 Å². The maximum Gasteiger partial charge on any atom is 0.216 e. The lowest BCUT2D eigenvalue weighted by atomic mass is 9.74. The summed E-state index contributed by atoms with van der Waals surface area (Å²) in [6, 6.07) is 25.4. The predicted octanol–water partition coefficient (Wildman–Crippen LogP) is 7.77. The van der Waals surface area contributed by atoms with Crippen LogP contribution in [0.25, 0.3) is 0 Å². The van der Waals surface area contributed by atoms with Crippen molar-refractivity contribution in [3.05, 3.63) is 107 Å². The Bertz CT molecular complexity index is 1490. The molecule has 0 spiro atoms. The van der Waals surface area contributed by atoms with E-state index in [0.717, 1.165) is 45.4 Å². The summed E-state index contributed by atoms with van der Waals surface area (Å²) >= 11 is 0. The first-order valence-corrected chi connectivity index (χ1v) is 12.8. The van der Waals surface area contributed by atoms with Crippen LogP contribution in [0.3, 0.4) is 0 Å². The molecule has 3 aromatic carbocycles. The first kappa shape index (κ1) is 23.3. The molecule has 0 fully saturated rings. The van der Waals surface area contributed by atoms with E-state index in [0.29, 0.717) is 12.5 Å². The summed E-state index contributed by atoms with van der Waals surface area (Å²) in [6.07, 6.45) is 1.87. The van der Waals surface area contributed by atoms with E-state index in [1.165, 1.54) is 11.1 Å². The maximum atomic E-state index is 6.46. The molecule has 0 amide bonds. The number of para-hydroxylation sites is 1. The Labute approximate surface area is 218 Å². The number of anilines is 3. The number of nitrogens with zero attached hydrogens (tertiary/aromatic N) is 3. The number of aromatic nitrogens is 1. The molecule has 0 unspecified atom stereocenters. The standard InChI is InChI=1S/C32H31N3O2/c1-20-13-23(31-34-22(3)19-36-31)17-25(15-20)37-26-16-21(2)14-24(18-26)35-29-11-7-6-9-27(29)32(4,5)28-10-8-12-33-30(28)35/h6-18,22H,19H2,1-5H3/t22-/m1/s1. The molecule has 1 atom stereocenters. The number of hydrogen-bond donors (Lipinski definition) is 0. The van der Waals surface area contributed by atoms with E-state index in [9.17, 15) is 0 Å². The lowest BCUT2D eigenvalue weighted by Gasteiger charge is -2.41. The molecule has 186 valence electrons. The van der Waals surface area contributed by atoms with Crippen molar-refractivity contribution in [3.63, 3.8) is 0 Å². The van der Waals surface area contributed by atoms with Crippen molar-refractivity contribution in [2.45, 2.75) is 46.1 Å². The van der Waals surface area contributed by atoms with Crippen molar-refractivity contribution >= 4 is 23.1 Å². The summed E-state index contributed by atoms with van der Waals surface area (Å²) in [6.45, 7) is 11.4. The van der Waals surface area contributed by atoms with E-state index in [1.54, 1.807) is 0 Å². The van der Waals surface area contributed by atoms with Crippen LogP contribution in [-0.4, -0.2) is 23.5 Å². The van der Waals surface area contributed by atoms with Gasteiger partial charge in [-0.1, -0.05) is 38.1 Å². The zero-order valence-electron chi connectivity index (χ0n) is 21.9. The van der Waals surface area contributed by atoms with Crippen LogP contribution in [-0.2, 0) is 10.2 Å². The lowest BCUT2D eigenvalue weighted by molar-refractivity contribution is 0.324. The molecule has 0 N–H and O–H groups in total. The Kier molecular flexibility index (Phi) is 5.52. The van der Waals surface area contributed by atoms with Crippen molar-refractivity contribution in [1.29, 1.82) is 0 Å². The monoisotopic (exact) mass is 489 g/mol. The van der Waals surface area contributed by atoms with E-state index >= 15 is 0 Å². The highest BCUT2D eigenvalue weighted by atomic mass is 16.5. The van der Waals surface area contributed by atoms with E-state index in [1.807, 2.05) is 24.4 Å². The van der Waals surface area contributed by atoms with Crippen LogP contribution in [0.15, 0.2) is 84.0 Å². The average Bonchev–Trinajstić information content (AvgIpc) is 3.30. The first-order valence-electron chi connectivity index (χ1n) is 12.8. The molecule has 2 aliphatic rings. The topological polar surface area (TPSA) is 47.0 Å². The highest BCUT2D eigenvalue weighted by molar-refractivity contribution is 5.95. The van der Waals surface area contributed by atoms with Gasteiger partial charge in [0.1, 0.15) is 23.9 Å². The highest BCUT2D eigenvalue weighted by Gasteiger charge is 2.37. The molecule has 0 saturated carbocycles. The summed E-state index contributed by atoms with van der Waals surface area (Å²) in [5.74, 6) is 3.16. The van der Waals surface area contributed by atoms with Gasteiger partial charge in [0.25, 0.3) is 0 Å². The van der Waals surface area contributed by atoms with Gasteiger partial charge in [0, 0.05) is 28.8 Å². The molecular weight excluding hydrogens is 458 g/mol. The number of fused-ring (bicyclic) bond motifs is 2. The zero-order chi connectivity index (χ0) is 25.7. The summed E-state index contributed by atoms with van der Waals surface area (Å²) in [7, 11) is 0. The summed E-state index contributed by atoms with van der Waals surface area (Å²) in [5.41, 5.74) is 7.62. The summed E-state index contributed by atoms with van der Waals surface area (Å²) in [5, 5.41) is 0. The summed E-state index contributed by atoms with van der Waals surface area (Å²) < 4.78 is 12.3. The van der Waals surface area contributed by atoms with Gasteiger partial charge in [0.15, 0.2) is 0 Å². The third-order valence-electron chi connectivity index (χ3n) is 7.12. The van der Waals surface area contributed by atoms with Crippen LogP contribution in [0.5, 0.6) is 11.5 Å². The Balaban J connectivity index is 1.42. The second kappa shape index (κ2) is 8.77. The third-order valence-corrected chi connectivity index (χ3v) is 7.12. The number of hydrogen-bond acceptors (Lipinski definition) is 5. The molecular formula is C32H31N3O2. The minimum Gasteiger partial charge on any atom is -0.475 e. The van der Waals surface area contributed by atoms with Gasteiger partial charge in [0.2, 0.25) is 5.90 Å². The minimum absolute atomic E-state index is 0.152. The van der Waals surface area contributed by atoms with Gasteiger partial charge in [-0.05, 0) is 79.9 Å². The molecule has 1 aromatic heterocycles. The largest absolute Gasteiger partial charge is 0.475 e. The second-order valence-corrected chi connectivity index (χ2v) is 10.6. The van der Waals surface area contributed by atoms with Gasteiger partial charge in [-0.15, -0.1) is 0 Å². The molecule has 0 bridgehead atoms. The molecule has 5 nitrogen and oxygen atoms in total. The van der Waals surface area contributed by atoms with Crippen LogP contribution in [0.4, 0.5) is 17.2 Å². The molecule has 3 heterocycles. The number of aliphatic imine (C=N–C) groups is 1. The first-order chi connectivity index (χ1) is 17.8. The average molecular weight is 490 g/mol. The molecule has 0 radical (unpaired) electrons. The molecule has 0 aliphatic carbocycles. The molecule has 0 saturated heterocycles. The van der Waals surface area contributed by atoms with Gasteiger partial charge in [-0.3, -0.25) is 4.90 Å². The Hall–Kier alpha value is -4.12. The third kappa shape index (κ3) is 4.14. The highest BCUT2D eigenvalue weighted by Crippen LogP contribution is 2.51. The fourth-order valence-electron chi connectivity index (χ4n) is 5.40. The van der Waals surface area contributed by atoms with E-state index in [-0.39, 0.29) is 11.5 Å². The Morgan fingerprint density at radius 1 is 0.892 bits per heavy atom. The van der Waals surface area contributed by atoms with Gasteiger partial charge in [-0.25, -0.2) is 9.98 Å². The van der Waals surface area contributed by atoms with Crippen LogP contribution in [0, 0.1) is 13.8 Å². The smallest absolute Gasteiger partial charge is 0.216 e. The summed E-state index contributed by atoms with van der Waals surface area (Å²) in [4.78, 5) is 11.7. The quantitative estimate of drug-likeness (QED) is 0.294. The fraction of sp³-hybridized carbons (Fsp3) is 0.250. The van der Waals surface area contributed by atoms with Gasteiger partial charge in [0.05, 0.1) is 17.4 Å². The van der Waals surface area contributed by atoms with Crippen LogP contribution >= 0.6 is 0 Å². The van der Waals surface area contributed by atoms with Gasteiger partial charge in [-0.2, -0.15) is 0 Å². The second-order valence-electron chi connectivity index (χ2n) is 10.6. The molecule has 6 rings (SSSR count). The van der Waals surface area contributed by atoms with Crippen LogP contribution in [0.1, 0.15) is 48.6 Å². The van der Waals surface area contributed by atoms with E-state index in [2.05, 4.69) is 99.1 Å². The van der Waals surface area contributed by atoms with Gasteiger partial charge >= 0.3 is 0 Å². The van der Waals surface area contributed by atoms with Crippen molar-refractivity contribution in [1.82, 2.24) is 4.98 Å². The van der Waals surface area contributed by atoms with E-state index < -0.39 is 0 Å². The number of ether oxygens (including phenoxy) is 2. The van der Waals surface area contributed by atoms with Crippen LogP contribution < -0.4 is 9.64 Å². The number of aryl methyl sites for hydroxylation is 2. The fourth-order valence-corrected chi connectivity index (χ4v) is 5.40. The normalized spacial score (nSPS) is 17.5. The van der Waals surface area contributed by atoms with Crippen LogP contribution in [0.2, 0.25) is 0 Å².